The lowest BCUT2D eigenvalue weighted by Gasteiger charge is -2.33. The van der Waals surface area contributed by atoms with Crippen LogP contribution in [0, 0.1) is 5.92 Å². The number of fused-ring (bicyclic) bond motifs is 1. The molecule has 0 saturated heterocycles. The SMILES string of the molecule is COCCNC(=O)Cc1cn2c(n1)[C@H](C)N(CC1CC1)CC2. The molecule has 0 radical (unpaired) electrons. The van der Waals surface area contributed by atoms with Crippen molar-refractivity contribution in [2.45, 2.75) is 38.8 Å². The maximum atomic E-state index is 11.9. The molecule has 1 aromatic rings. The van der Waals surface area contributed by atoms with Crippen molar-refractivity contribution in [1.82, 2.24) is 19.8 Å². The van der Waals surface area contributed by atoms with Gasteiger partial charge in [0, 0.05) is 39.5 Å². The number of aromatic nitrogens is 2. The predicted molar refractivity (Wildman–Crippen MR) is 83.5 cm³/mol. The maximum absolute atomic E-state index is 11.9. The molecule has 122 valence electrons. The van der Waals surface area contributed by atoms with Gasteiger partial charge in [0.2, 0.25) is 5.91 Å². The number of nitrogens with zero attached hydrogens (tertiary/aromatic N) is 3. The number of hydrogen-bond donors (Lipinski definition) is 1. The second-order valence-electron chi connectivity index (χ2n) is 6.42. The first-order valence-electron chi connectivity index (χ1n) is 8.23. The summed E-state index contributed by atoms with van der Waals surface area (Å²) in [4.78, 5) is 19.1. The standard InChI is InChI=1S/C16H26N4O2/c1-12-16-18-14(9-15(21)17-5-8-22-2)11-20(16)7-6-19(12)10-13-3-4-13/h11-13H,3-10H2,1-2H3,(H,17,21)/t12-/m0/s1. The van der Waals surface area contributed by atoms with E-state index < -0.39 is 0 Å². The Balaban J connectivity index is 1.58. The lowest BCUT2D eigenvalue weighted by atomic mass is 10.2. The van der Waals surface area contributed by atoms with Crippen LogP contribution >= 0.6 is 0 Å². The van der Waals surface area contributed by atoms with E-state index in [-0.39, 0.29) is 5.91 Å². The fourth-order valence-electron chi connectivity index (χ4n) is 3.08. The highest BCUT2D eigenvalue weighted by molar-refractivity contribution is 5.78. The van der Waals surface area contributed by atoms with Crippen LogP contribution in [0.2, 0.25) is 0 Å². The third-order valence-electron chi connectivity index (χ3n) is 4.57. The first-order valence-corrected chi connectivity index (χ1v) is 8.23. The van der Waals surface area contributed by atoms with Crippen LogP contribution in [0.5, 0.6) is 0 Å². The molecule has 1 N–H and O–H groups in total. The Morgan fingerprint density at radius 2 is 2.27 bits per heavy atom. The van der Waals surface area contributed by atoms with Crippen molar-refractivity contribution < 1.29 is 9.53 Å². The largest absolute Gasteiger partial charge is 0.383 e. The molecule has 2 aliphatic rings. The number of carbonyl (C=O) groups excluding carboxylic acids is 1. The van der Waals surface area contributed by atoms with Gasteiger partial charge < -0.3 is 14.6 Å². The van der Waals surface area contributed by atoms with E-state index in [0.29, 0.717) is 25.6 Å². The summed E-state index contributed by atoms with van der Waals surface area (Å²) >= 11 is 0. The van der Waals surface area contributed by atoms with Crippen LogP contribution in [0.15, 0.2) is 6.20 Å². The molecule has 1 aliphatic carbocycles. The number of amides is 1. The molecule has 1 amide bonds. The number of nitrogens with one attached hydrogen (secondary N) is 1. The monoisotopic (exact) mass is 306 g/mol. The van der Waals surface area contributed by atoms with Crippen LogP contribution in [-0.2, 0) is 22.5 Å². The average Bonchev–Trinajstić information content (AvgIpc) is 3.21. The molecule has 3 rings (SSSR count). The number of carbonyl (C=O) groups is 1. The maximum Gasteiger partial charge on any atom is 0.226 e. The molecule has 6 nitrogen and oxygen atoms in total. The van der Waals surface area contributed by atoms with E-state index in [1.807, 2.05) is 6.20 Å². The van der Waals surface area contributed by atoms with Gasteiger partial charge in [-0.1, -0.05) is 0 Å². The Labute approximate surface area is 131 Å². The van der Waals surface area contributed by atoms with Gasteiger partial charge in [-0.25, -0.2) is 4.98 Å². The highest BCUT2D eigenvalue weighted by Crippen LogP contribution is 2.33. The van der Waals surface area contributed by atoms with Crippen molar-refractivity contribution in [2.24, 2.45) is 5.92 Å². The third kappa shape index (κ3) is 3.67. The van der Waals surface area contributed by atoms with E-state index in [1.54, 1.807) is 7.11 Å². The summed E-state index contributed by atoms with van der Waals surface area (Å²) in [5.74, 6) is 2.01. The molecule has 0 aromatic carbocycles. The van der Waals surface area contributed by atoms with E-state index in [1.165, 1.54) is 19.4 Å². The zero-order valence-electron chi connectivity index (χ0n) is 13.5. The van der Waals surface area contributed by atoms with E-state index in [0.717, 1.165) is 30.5 Å². The van der Waals surface area contributed by atoms with Crippen LogP contribution in [0.25, 0.3) is 0 Å². The van der Waals surface area contributed by atoms with Gasteiger partial charge in [-0.3, -0.25) is 9.69 Å². The minimum atomic E-state index is 0.00925. The fourth-order valence-corrected chi connectivity index (χ4v) is 3.08. The second-order valence-corrected chi connectivity index (χ2v) is 6.42. The second kappa shape index (κ2) is 6.79. The Bertz CT molecular complexity index is 524. The van der Waals surface area contributed by atoms with Crippen molar-refractivity contribution >= 4 is 5.91 Å². The van der Waals surface area contributed by atoms with Crippen LogP contribution < -0.4 is 5.32 Å². The van der Waals surface area contributed by atoms with Gasteiger partial charge in [-0.15, -0.1) is 0 Å². The molecular formula is C16H26N4O2. The number of methoxy groups -OCH3 is 1. The molecule has 1 saturated carbocycles. The van der Waals surface area contributed by atoms with Crippen molar-refractivity contribution in [3.05, 3.63) is 17.7 Å². The predicted octanol–water partition coefficient (Wildman–Crippen LogP) is 0.975. The summed E-state index contributed by atoms with van der Waals surface area (Å²) in [5, 5.41) is 2.84. The van der Waals surface area contributed by atoms with Gasteiger partial charge in [0.15, 0.2) is 0 Å². The number of ether oxygens (including phenoxy) is 1. The Morgan fingerprint density at radius 3 is 3.00 bits per heavy atom. The molecule has 22 heavy (non-hydrogen) atoms. The van der Waals surface area contributed by atoms with Gasteiger partial charge in [0.05, 0.1) is 24.8 Å². The molecule has 1 aliphatic heterocycles. The summed E-state index contributed by atoms with van der Waals surface area (Å²) in [6.45, 7) is 6.57. The first kappa shape index (κ1) is 15.5. The zero-order chi connectivity index (χ0) is 15.5. The molecule has 0 bridgehead atoms. The molecule has 1 aromatic heterocycles. The van der Waals surface area contributed by atoms with Gasteiger partial charge in [-0.05, 0) is 25.7 Å². The van der Waals surface area contributed by atoms with Crippen LogP contribution in [0.4, 0.5) is 0 Å². The highest BCUT2D eigenvalue weighted by Gasteiger charge is 2.31. The topological polar surface area (TPSA) is 59.4 Å². The smallest absolute Gasteiger partial charge is 0.226 e. The normalized spacial score (nSPS) is 21.6. The third-order valence-corrected chi connectivity index (χ3v) is 4.57. The van der Waals surface area contributed by atoms with Gasteiger partial charge in [0.1, 0.15) is 5.82 Å². The summed E-state index contributed by atoms with van der Waals surface area (Å²) in [5.41, 5.74) is 0.866. The lowest BCUT2D eigenvalue weighted by molar-refractivity contribution is -0.120. The fraction of sp³-hybridized carbons (Fsp3) is 0.750. The minimum absolute atomic E-state index is 0.00925. The first-order chi connectivity index (χ1) is 10.7. The Morgan fingerprint density at radius 1 is 1.45 bits per heavy atom. The average molecular weight is 306 g/mol. The van der Waals surface area contributed by atoms with E-state index in [2.05, 4.69) is 21.7 Å². The van der Waals surface area contributed by atoms with Crippen molar-refractivity contribution in [2.75, 3.05) is 33.4 Å². The molecular weight excluding hydrogens is 280 g/mol. The van der Waals surface area contributed by atoms with Gasteiger partial charge in [0.25, 0.3) is 0 Å². The van der Waals surface area contributed by atoms with E-state index in [9.17, 15) is 4.79 Å². The molecule has 1 atom stereocenters. The Kier molecular flexibility index (Phi) is 4.78. The summed E-state index contributed by atoms with van der Waals surface area (Å²) < 4.78 is 7.15. The van der Waals surface area contributed by atoms with Crippen LogP contribution in [0.1, 0.15) is 37.3 Å². The van der Waals surface area contributed by atoms with Crippen LogP contribution in [-0.4, -0.2) is 53.7 Å². The summed E-state index contributed by atoms with van der Waals surface area (Å²) in [6, 6.07) is 0.347. The number of hydrogen-bond acceptors (Lipinski definition) is 4. The Hall–Kier alpha value is -1.40. The van der Waals surface area contributed by atoms with Crippen molar-refractivity contribution in [3.8, 4) is 0 Å². The van der Waals surface area contributed by atoms with E-state index in [4.69, 9.17) is 9.72 Å². The quantitative estimate of drug-likeness (QED) is 0.763. The molecule has 0 unspecified atom stereocenters. The van der Waals surface area contributed by atoms with Gasteiger partial charge in [-0.2, -0.15) is 0 Å². The summed E-state index contributed by atoms with van der Waals surface area (Å²) in [6.07, 6.45) is 5.14. The minimum Gasteiger partial charge on any atom is -0.383 e. The van der Waals surface area contributed by atoms with Crippen LogP contribution in [0.3, 0.4) is 0 Å². The van der Waals surface area contributed by atoms with E-state index >= 15 is 0 Å². The number of rotatable bonds is 7. The molecule has 6 heteroatoms. The zero-order valence-corrected chi connectivity index (χ0v) is 13.5. The van der Waals surface area contributed by atoms with Crippen molar-refractivity contribution in [1.29, 1.82) is 0 Å². The summed E-state index contributed by atoms with van der Waals surface area (Å²) in [7, 11) is 1.63. The molecule has 0 spiro atoms. The van der Waals surface area contributed by atoms with Gasteiger partial charge >= 0.3 is 0 Å². The van der Waals surface area contributed by atoms with Crippen molar-refractivity contribution in [3.63, 3.8) is 0 Å². The lowest BCUT2D eigenvalue weighted by Crippen LogP contribution is -2.38. The highest BCUT2D eigenvalue weighted by atomic mass is 16.5. The molecule has 2 heterocycles. The number of imidazole rings is 1. The molecule has 1 fully saturated rings.